The van der Waals surface area contributed by atoms with Gasteiger partial charge in [-0.15, -0.1) is 0 Å². The van der Waals surface area contributed by atoms with Gasteiger partial charge in [0.05, 0.1) is 13.2 Å². The third-order valence-electron chi connectivity index (χ3n) is 3.22. The Morgan fingerprint density at radius 3 is 2.65 bits per heavy atom. The highest BCUT2D eigenvalue weighted by Gasteiger charge is 2.13. The Morgan fingerprint density at radius 1 is 1.25 bits per heavy atom. The smallest absolute Gasteiger partial charge is 0.126 e. The van der Waals surface area contributed by atoms with Crippen molar-refractivity contribution in [1.29, 1.82) is 0 Å². The van der Waals surface area contributed by atoms with Crippen LogP contribution in [0.15, 0.2) is 36.4 Å². The summed E-state index contributed by atoms with van der Waals surface area (Å²) in [5, 5.41) is 10.7. The number of benzene rings is 2. The van der Waals surface area contributed by atoms with Crippen molar-refractivity contribution in [3.8, 4) is 5.75 Å². The first-order valence-electron chi connectivity index (χ1n) is 6.28. The summed E-state index contributed by atoms with van der Waals surface area (Å²) in [6.07, 6.45) is -0.606. The molecule has 2 nitrogen and oxygen atoms in total. The molecule has 20 heavy (non-hydrogen) atoms. The van der Waals surface area contributed by atoms with Crippen LogP contribution in [0.2, 0.25) is 5.02 Å². The summed E-state index contributed by atoms with van der Waals surface area (Å²) in [5.41, 5.74) is 2.05. The second kappa shape index (κ2) is 6.25. The molecule has 1 atom stereocenters. The van der Waals surface area contributed by atoms with Gasteiger partial charge in [-0.1, -0.05) is 17.7 Å². The Balaban J connectivity index is 2.21. The van der Waals surface area contributed by atoms with Crippen LogP contribution < -0.4 is 4.74 Å². The molecule has 2 rings (SSSR count). The van der Waals surface area contributed by atoms with Gasteiger partial charge in [-0.05, 0) is 53.9 Å². The standard InChI is InChI=1S/C16H16ClFO2/c1-10-7-11(3-6-16(10)20-2)15(19)9-12-8-13(17)4-5-14(12)18/h3-8,15,19H,9H2,1-2H3. The van der Waals surface area contributed by atoms with Crippen LogP contribution in [-0.2, 0) is 6.42 Å². The summed E-state index contributed by atoms with van der Waals surface area (Å²) in [7, 11) is 1.60. The van der Waals surface area contributed by atoms with Gasteiger partial charge in [0.2, 0.25) is 0 Å². The van der Waals surface area contributed by atoms with E-state index in [2.05, 4.69) is 0 Å². The van der Waals surface area contributed by atoms with Gasteiger partial charge in [0.15, 0.2) is 0 Å². The lowest BCUT2D eigenvalue weighted by Gasteiger charge is -2.14. The zero-order valence-corrected chi connectivity index (χ0v) is 12.1. The fourth-order valence-electron chi connectivity index (χ4n) is 2.13. The lowest BCUT2D eigenvalue weighted by molar-refractivity contribution is 0.177. The van der Waals surface area contributed by atoms with Crippen LogP contribution >= 0.6 is 11.6 Å². The van der Waals surface area contributed by atoms with Crippen LogP contribution in [0.3, 0.4) is 0 Å². The Hall–Kier alpha value is -1.58. The first kappa shape index (κ1) is 14.8. The van der Waals surface area contributed by atoms with E-state index < -0.39 is 6.10 Å². The van der Waals surface area contributed by atoms with Crippen molar-refractivity contribution < 1.29 is 14.2 Å². The van der Waals surface area contributed by atoms with Crippen molar-refractivity contribution in [2.24, 2.45) is 0 Å². The third-order valence-corrected chi connectivity index (χ3v) is 3.46. The zero-order chi connectivity index (χ0) is 14.7. The number of rotatable bonds is 4. The minimum absolute atomic E-state index is 0.179. The highest BCUT2D eigenvalue weighted by Crippen LogP contribution is 2.26. The average Bonchev–Trinajstić information content (AvgIpc) is 2.42. The summed E-state index contributed by atoms with van der Waals surface area (Å²) in [6.45, 7) is 1.90. The molecular weight excluding hydrogens is 279 g/mol. The molecule has 0 heterocycles. The first-order valence-corrected chi connectivity index (χ1v) is 6.65. The molecule has 2 aromatic carbocycles. The number of halogens is 2. The minimum atomic E-state index is -0.785. The van der Waals surface area contributed by atoms with Gasteiger partial charge in [-0.3, -0.25) is 0 Å². The summed E-state index contributed by atoms with van der Waals surface area (Å²) in [6, 6.07) is 9.75. The molecule has 0 aromatic heterocycles. The average molecular weight is 295 g/mol. The summed E-state index contributed by atoms with van der Waals surface area (Å²) in [5.74, 6) is 0.397. The highest BCUT2D eigenvalue weighted by molar-refractivity contribution is 6.30. The largest absolute Gasteiger partial charge is 0.496 e. The number of methoxy groups -OCH3 is 1. The van der Waals surface area contributed by atoms with E-state index in [1.54, 1.807) is 19.2 Å². The Kier molecular flexibility index (Phi) is 4.63. The molecule has 0 bridgehead atoms. The predicted octanol–water partition coefficient (Wildman–Crippen LogP) is 4.07. The van der Waals surface area contributed by atoms with Gasteiger partial charge in [-0.25, -0.2) is 4.39 Å². The van der Waals surface area contributed by atoms with Crippen LogP contribution in [0.4, 0.5) is 4.39 Å². The molecule has 106 valence electrons. The van der Waals surface area contributed by atoms with Crippen molar-refractivity contribution >= 4 is 11.6 Å². The summed E-state index contributed by atoms with van der Waals surface area (Å²) in [4.78, 5) is 0. The molecule has 0 aliphatic carbocycles. The summed E-state index contributed by atoms with van der Waals surface area (Å²) >= 11 is 5.85. The third kappa shape index (κ3) is 3.30. The van der Waals surface area contributed by atoms with E-state index in [9.17, 15) is 9.50 Å². The molecule has 0 amide bonds. The molecule has 0 saturated heterocycles. The lowest BCUT2D eigenvalue weighted by Crippen LogP contribution is -2.04. The molecule has 0 fully saturated rings. The molecule has 0 aliphatic rings. The maximum Gasteiger partial charge on any atom is 0.126 e. The van der Waals surface area contributed by atoms with Crippen LogP contribution in [0.1, 0.15) is 22.8 Å². The number of hydrogen-bond donors (Lipinski definition) is 1. The van der Waals surface area contributed by atoms with Gasteiger partial charge in [-0.2, -0.15) is 0 Å². The van der Waals surface area contributed by atoms with Crippen LogP contribution in [-0.4, -0.2) is 12.2 Å². The van der Waals surface area contributed by atoms with Gasteiger partial charge in [0.25, 0.3) is 0 Å². The van der Waals surface area contributed by atoms with Gasteiger partial charge < -0.3 is 9.84 Å². The number of aryl methyl sites for hydroxylation is 1. The van der Waals surface area contributed by atoms with Crippen molar-refractivity contribution in [2.45, 2.75) is 19.4 Å². The molecule has 0 aliphatic heterocycles. The van der Waals surface area contributed by atoms with E-state index in [1.807, 2.05) is 13.0 Å². The van der Waals surface area contributed by atoms with E-state index in [-0.39, 0.29) is 12.2 Å². The van der Waals surface area contributed by atoms with Crippen LogP contribution in [0.5, 0.6) is 5.75 Å². The fraction of sp³-hybridized carbons (Fsp3) is 0.250. The first-order chi connectivity index (χ1) is 9.51. The monoisotopic (exact) mass is 294 g/mol. The fourth-order valence-corrected chi connectivity index (χ4v) is 2.33. The highest BCUT2D eigenvalue weighted by atomic mass is 35.5. The molecule has 0 saturated carbocycles. The molecule has 4 heteroatoms. The molecule has 2 aromatic rings. The van der Waals surface area contributed by atoms with E-state index in [1.165, 1.54) is 18.2 Å². The number of aliphatic hydroxyl groups is 1. The number of hydrogen-bond acceptors (Lipinski definition) is 2. The number of aliphatic hydroxyl groups excluding tert-OH is 1. The maximum absolute atomic E-state index is 13.7. The zero-order valence-electron chi connectivity index (χ0n) is 11.4. The quantitative estimate of drug-likeness (QED) is 0.921. The topological polar surface area (TPSA) is 29.5 Å². The summed E-state index contributed by atoms with van der Waals surface area (Å²) < 4.78 is 18.8. The van der Waals surface area contributed by atoms with Gasteiger partial charge in [0, 0.05) is 11.4 Å². The normalized spacial score (nSPS) is 12.2. The minimum Gasteiger partial charge on any atom is -0.496 e. The van der Waals surface area contributed by atoms with E-state index in [0.29, 0.717) is 10.6 Å². The van der Waals surface area contributed by atoms with E-state index in [0.717, 1.165) is 16.9 Å². The van der Waals surface area contributed by atoms with Crippen molar-refractivity contribution in [3.63, 3.8) is 0 Å². The van der Waals surface area contributed by atoms with Crippen LogP contribution in [0.25, 0.3) is 0 Å². The predicted molar refractivity (Wildman–Crippen MR) is 77.8 cm³/mol. The SMILES string of the molecule is COc1ccc(C(O)Cc2cc(Cl)ccc2F)cc1C. The van der Waals surface area contributed by atoms with E-state index in [4.69, 9.17) is 16.3 Å². The molecule has 0 radical (unpaired) electrons. The Labute approximate surface area is 122 Å². The van der Waals surface area contributed by atoms with Crippen molar-refractivity contribution in [3.05, 3.63) is 63.9 Å². The Bertz CT molecular complexity index is 613. The second-order valence-electron chi connectivity index (χ2n) is 4.68. The molecular formula is C16H16ClFO2. The van der Waals surface area contributed by atoms with Gasteiger partial charge >= 0.3 is 0 Å². The molecule has 1 unspecified atom stereocenters. The number of ether oxygens (including phenoxy) is 1. The lowest BCUT2D eigenvalue weighted by atomic mass is 9.99. The van der Waals surface area contributed by atoms with Gasteiger partial charge in [0.1, 0.15) is 11.6 Å². The Morgan fingerprint density at radius 2 is 2.00 bits per heavy atom. The van der Waals surface area contributed by atoms with E-state index >= 15 is 0 Å². The maximum atomic E-state index is 13.7. The molecule has 0 spiro atoms. The van der Waals surface area contributed by atoms with Crippen molar-refractivity contribution in [1.82, 2.24) is 0 Å². The molecule has 1 N–H and O–H groups in total. The second-order valence-corrected chi connectivity index (χ2v) is 5.12. The van der Waals surface area contributed by atoms with Crippen molar-refractivity contribution in [2.75, 3.05) is 7.11 Å². The van der Waals surface area contributed by atoms with Crippen LogP contribution in [0, 0.1) is 12.7 Å².